The lowest BCUT2D eigenvalue weighted by atomic mass is 9.80. The highest BCUT2D eigenvalue weighted by molar-refractivity contribution is 5.96. The van der Waals surface area contributed by atoms with Crippen molar-refractivity contribution in [3.05, 3.63) is 89.0 Å². The second kappa shape index (κ2) is 6.35. The van der Waals surface area contributed by atoms with Gasteiger partial charge in [0.25, 0.3) is 0 Å². The lowest BCUT2D eigenvalue weighted by Gasteiger charge is -2.37. The maximum absolute atomic E-state index is 11.8. The van der Waals surface area contributed by atoms with Gasteiger partial charge in [0.15, 0.2) is 12.4 Å². The molecule has 0 saturated heterocycles. The molecule has 0 saturated carbocycles. The second-order valence-electron chi connectivity index (χ2n) is 8.37. The minimum atomic E-state index is -0.234. The van der Waals surface area contributed by atoms with Crippen LogP contribution in [0.25, 0.3) is 16.7 Å². The summed E-state index contributed by atoms with van der Waals surface area (Å²) >= 11 is 0. The summed E-state index contributed by atoms with van der Waals surface area (Å²) in [5, 5.41) is 3.64. The lowest BCUT2D eigenvalue weighted by Crippen LogP contribution is -2.32. The molecule has 2 aliphatic heterocycles. The summed E-state index contributed by atoms with van der Waals surface area (Å²) in [5.41, 5.74) is 8.19. The Labute approximate surface area is 171 Å². The fourth-order valence-electron chi connectivity index (χ4n) is 4.72. The Morgan fingerprint density at radius 3 is 2.52 bits per heavy atom. The number of nitrogens with one attached hydrogen (secondary N) is 1. The average molecular weight is 381 g/mol. The van der Waals surface area contributed by atoms with E-state index in [9.17, 15) is 4.79 Å². The largest absolute Gasteiger partial charge is 0.480 e. The number of carbonyl (C=O) groups excluding carboxylic acids is 1. The van der Waals surface area contributed by atoms with Crippen molar-refractivity contribution in [2.75, 3.05) is 5.32 Å². The molecule has 3 aromatic carbocycles. The van der Waals surface area contributed by atoms with Gasteiger partial charge in [-0.25, -0.2) is 0 Å². The van der Waals surface area contributed by atoms with E-state index >= 15 is 0 Å². The predicted octanol–water partition coefficient (Wildman–Crippen LogP) is 6.26. The van der Waals surface area contributed by atoms with Gasteiger partial charge in [-0.05, 0) is 49.6 Å². The first-order valence-electron chi connectivity index (χ1n) is 9.93. The molecule has 144 valence electrons. The molecule has 1 atom stereocenters. The molecule has 3 aromatic rings. The van der Waals surface area contributed by atoms with Gasteiger partial charge in [-0.2, -0.15) is 0 Å². The van der Waals surface area contributed by atoms with Crippen molar-refractivity contribution in [3.8, 4) is 16.9 Å². The van der Waals surface area contributed by atoms with Crippen LogP contribution in [0.5, 0.6) is 5.75 Å². The first-order valence-corrected chi connectivity index (χ1v) is 9.93. The highest BCUT2D eigenvalue weighted by atomic mass is 16.5. The zero-order valence-corrected chi connectivity index (χ0v) is 16.8. The molecule has 1 N–H and O–H groups in total. The van der Waals surface area contributed by atoms with Gasteiger partial charge in [-0.15, -0.1) is 0 Å². The van der Waals surface area contributed by atoms with E-state index in [1.807, 2.05) is 36.4 Å². The van der Waals surface area contributed by atoms with Gasteiger partial charge in [0.2, 0.25) is 0 Å². The van der Waals surface area contributed by atoms with Crippen LogP contribution in [0.2, 0.25) is 0 Å². The normalized spacial score (nSPS) is 18.3. The van der Waals surface area contributed by atoms with Gasteiger partial charge in [0.1, 0.15) is 5.75 Å². The molecular formula is C26H23NO2. The number of benzene rings is 3. The van der Waals surface area contributed by atoms with Gasteiger partial charge in [0, 0.05) is 27.9 Å². The number of ether oxygens (including phenoxy) is 1. The Hall–Kier alpha value is -3.33. The van der Waals surface area contributed by atoms with Gasteiger partial charge >= 0.3 is 0 Å². The monoisotopic (exact) mass is 381 g/mol. The molecule has 0 aliphatic carbocycles. The number of fused-ring (bicyclic) bond motifs is 5. The van der Waals surface area contributed by atoms with Crippen LogP contribution < -0.4 is 10.1 Å². The Morgan fingerprint density at radius 1 is 0.966 bits per heavy atom. The topological polar surface area (TPSA) is 38.3 Å². The van der Waals surface area contributed by atoms with Crippen molar-refractivity contribution >= 4 is 17.5 Å². The number of carbonyl (C=O) groups is 1. The molecule has 0 fully saturated rings. The van der Waals surface area contributed by atoms with Gasteiger partial charge in [-0.3, -0.25) is 4.79 Å². The molecule has 0 spiro atoms. The SMILES string of the molecule is CC1=CC(C)(C)Nc2ccc3c(c21)C(c1ccccc1)Oc1cccc(C=O)c1-3. The minimum absolute atomic E-state index is 0.116. The standard InChI is InChI=1S/C26H23NO2/c1-16-14-26(2,3)27-20-13-12-19-23-18(15-28)10-7-11-21(23)29-25(24(19)22(16)20)17-8-5-4-6-9-17/h4-15,25,27H,1-3H3. The molecule has 0 aromatic heterocycles. The van der Waals surface area contributed by atoms with Crippen LogP contribution in [0.15, 0.2) is 66.7 Å². The average Bonchev–Trinajstić information content (AvgIpc) is 2.71. The summed E-state index contributed by atoms with van der Waals surface area (Å²) in [6, 6.07) is 20.2. The number of hydrogen-bond donors (Lipinski definition) is 1. The smallest absolute Gasteiger partial charge is 0.150 e. The number of hydrogen-bond acceptors (Lipinski definition) is 3. The third kappa shape index (κ3) is 2.77. The van der Waals surface area contributed by atoms with E-state index in [1.165, 1.54) is 11.1 Å². The van der Waals surface area contributed by atoms with Crippen molar-refractivity contribution in [2.24, 2.45) is 0 Å². The van der Waals surface area contributed by atoms with E-state index < -0.39 is 0 Å². The zero-order valence-electron chi connectivity index (χ0n) is 16.8. The van der Waals surface area contributed by atoms with Crippen molar-refractivity contribution in [1.29, 1.82) is 0 Å². The van der Waals surface area contributed by atoms with E-state index in [1.54, 1.807) is 0 Å². The highest BCUT2D eigenvalue weighted by Gasteiger charge is 2.35. The lowest BCUT2D eigenvalue weighted by molar-refractivity contribution is 0.112. The fourth-order valence-corrected chi connectivity index (χ4v) is 4.72. The molecule has 0 amide bonds. The number of aldehydes is 1. The van der Waals surface area contributed by atoms with Gasteiger partial charge < -0.3 is 10.1 Å². The molecule has 29 heavy (non-hydrogen) atoms. The van der Waals surface area contributed by atoms with Crippen molar-refractivity contribution < 1.29 is 9.53 Å². The van der Waals surface area contributed by atoms with Gasteiger partial charge in [-0.1, -0.05) is 54.6 Å². The molecule has 3 nitrogen and oxygen atoms in total. The number of rotatable bonds is 2. The molecule has 2 heterocycles. The molecule has 1 unspecified atom stereocenters. The van der Waals surface area contributed by atoms with E-state index in [0.717, 1.165) is 40.0 Å². The molecule has 3 heteroatoms. The molecular weight excluding hydrogens is 358 g/mol. The Balaban J connectivity index is 1.85. The number of anilines is 1. The van der Waals surface area contributed by atoms with Crippen LogP contribution in [-0.2, 0) is 0 Å². The molecule has 2 aliphatic rings. The van der Waals surface area contributed by atoms with Crippen LogP contribution in [-0.4, -0.2) is 11.8 Å². The summed E-state index contributed by atoms with van der Waals surface area (Å²) in [6.45, 7) is 6.50. The van der Waals surface area contributed by atoms with E-state index in [-0.39, 0.29) is 11.6 Å². The minimum Gasteiger partial charge on any atom is -0.480 e. The van der Waals surface area contributed by atoms with Crippen molar-refractivity contribution in [3.63, 3.8) is 0 Å². The van der Waals surface area contributed by atoms with Crippen LogP contribution >= 0.6 is 0 Å². The summed E-state index contributed by atoms with van der Waals surface area (Å²) in [5.74, 6) is 0.752. The predicted molar refractivity (Wildman–Crippen MR) is 118 cm³/mol. The summed E-state index contributed by atoms with van der Waals surface area (Å²) in [4.78, 5) is 11.8. The maximum Gasteiger partial charge on any atom is 0.150 e. The first kappa shape index (κ1) is 17.7. The van der Waals surface area contributed by atoms with Crippen LogP contribution in [0.1, 0.15) is 53.9 Å². The van der Waals surface area contributed by atoms with Crippen molar-refractivity contribution in [1.82, 2.24) is 0 Å². The molecule has 5 rings (SSSR count). The maximum atomic E-state index is 11.8. The summed E-state index contributed by atoms with van der Waals surface area (Å²) < 4.78 is 6.54. The second-order valence-corrected chi connectivity index (χ2v) is 8.37. The fraction of sp³-hybridized carbons (Fsp3) is 0.192. The summed E-state index contributed by atoms with van der Waals surface area (Å²) in [6.07, 6.45) is 2.94. The quantitative estimate of drug-likeness (QED) is 0.533. The van der Waals surface area contributed by atoms with Crippen molar-refractivity contribution in [2.45, 2.75) is 32.4 Å². The van der Waals surface area contributed by atoms with Crippen LogP contribution in [0.4, 0.5) is 5.69 Å². The van der Waals surface area contributed by atoms with Gasteiger partial charge in [0.05, 0.1) is 5.54 Å². The van der Waals surface area contributed by atoms with Crippen LogP contribution in [0.3, 0.4) is 0 Å². The van der Waals surface area contributed by atoms with E-state index in [0.29, 0.717) is 5.56 Å². The Kier molecular flexibility index (Phi) is 3.88. The third-order valence-corrected chi connectivity index (χ3v) is 5.74. The Morgan fingerprint density at radius 2 is 1.76 bits per heavy atom. The number of allylic oxidation sites excluding steroid dienone is 1. The zero-order chi connectivity index (χ0) is 20.2. The molecule has 0 radical (unpaired) electrons. The molecule has 0 bridgehead atoms. The van der Waals surface area contributed by atoms with Crippen LogP contribution in [0, 0.1) is 0 Å². The Bertz CT molecular complexity index is 1160. The third-order valence-electron chi connectivity index (χ3n) is 5.74. The highest BCUT2D eigenvalue weighted by Crippen LogP contribution is 2.51. The first-order chi connectivity index (χ1) is 14.0. The van der Waals surface area contributed by atoms with E-state index in [4.69, 9.17) is 4.74 Å². The summed E-state index contributed by atoms with van der Waals surface area (Å²) in [7, 11) is 0. The van der Waals surface area contributed by atoms with E-state index in [2.05, 4.69) is 56.4 Å².